The molecule has 0 saturated carbocycles. The lowest BCUT2D eigenvalue weighted by Crippen LogP contribution is -2.50. The number of rotatable bonds is 9. The largest absolute Gasteiger partial charge is 0.488 e. The summed E-state index contributed by atoms with van der Waals surface area (Å²) < 4.78 is 62.1. The molecule has 214 valence electrons. The maximum atomic E-state index is 13.6. The van der Waals surface area contributed by atoms with Crippen molar-refractivity contribution in [1.29, 1.82) is 0 Å². The maximum absolute atomic E-state index is 13.6. The molecule has 1 heterocycles. The van der Waals surface area contributed by atoms with E-state index >= 15 is 0 Å². The number of anilines is 1. The van der Waals surface area contributed by atoms with Crippen molar-refractivity contribution < 1.29 is 31.5 Å². The SMILES string of the molecule is C[C@@H]1CN([C@@H](C)CO)C(=O)c2cc(NS(=O)(=O)c3ccccc3)ccc2O[C@H]1CN(C)S(=O)(=O)c1ccccc1. The van der Waals surface area contributed by atoms with E-state index in [9.17, 15) is 26.7 Å². The number of hydrogen-bond donors (Lipinski definition) is 2. The molecule has 0 fully saturated rings. The van der Waals surface area contributed by atoms with Crippen molar-refractivity contribution in [3.8, 4) is 5.75 Å². The van der Waals surface area contributed by atoms with E-state index < -0.39 is 38.1 Å². The van der Waals surface area contributed by atoms with Crippen LogP contribution in [0.4, 0.5) is 5.69 Å². The molecule has 0 saturated heterocycles. The third-order valence-electron chi connectivity index (χ3n) is 6.86. The molecule has 0 spiro atoms. The van der Waals surface area contributed by atoms with Gasteiger partial charge in [-0.3, -0.25) is 9.52 Å². The number of nitrogens with zero attached hydrogens (tertiary/aromatic N) is 2. The Bertz CT molecular complexity index is 1550. The second-order valence-electron chi connectivity index (χ2n) is 9.85. The molecule has 4 rings (SSSR count). The summed E-state index contributed by atoms with van der Waals surface area (Å²) in [6.07, 6.45) is -0.657. The molecule has 3 aromatic rings. The van der Waals surface area contributed by atoms with Crippen LogP contribution in [0.2, 0.25) is 0 Å². The molecule has 40 heavy (non-hydrogen) atoms. The Kier molecular flexibility index (Phi) is 8.83. The Hall–Kier alpha value is -3.45. The molecule has 3 aromatic carbocycles. The summed E-state index contributed by atoms with van der Waals surface area (Å²) >= 11 is 0. The molecule has 2 N–H and O–H groups in total. The third-order valence-corrected chi connectivity index (χ3v) is 10.1. The van der Waals surface area contributed by atoms with Gasteiger partial charge >= 0.3 is 0 Å². The summed E-state index contributed by atoms with van der Waals surface area (Å²) in [5.74, 6) is -0.562. The molecule has 12 heteroatoms. The van der Waals surface area contributed by atoms with Gasteiger partial charge < -0.3 is 14.7 Å². The van der Waals surface area contributed by atoms with Crippen LogP contribution in [0.3, 0.4) is 0 Å². The number of aliphatic hydroxyl groups excluding tert-OH is 1. The van der Waals surface area contributed by atoms with E-state index in [1.807, 2.05) is 6.92 Å². The van der Waals surface area contributed by atoms with Gasteiger partial charge in [-0.15, -0.1) is 0 Å². The highest BCUT2D eigenvalue weighted by atomic mass is 32.2. The second kappa shape index (κ2) is 12.0. The summed E-state index contributed by atoms with van der Waals surface area (Å²) in [7, 11) is -6.25. The molecule has 0 radical (unpaired) electrons. The van der Waals surface area contributed by atoms with E-state index in [1.54, 1.807) is 43.3 Å². The molecule has 1 aliphatic rings. The van der Waals surface area contributed by atoms with Crippen LogP contribution in [-0.4, -0.2) is 75.9 Å². The van der Waals surface area contributed by atoms with E-state index in [1.165, 1.54) is 58.7 Å². The van der Waals surface area contributed by atoms with Crippen LogP contribution in [0.15, 0.2) is 88.7 Å². The zero-order chi connectivity index (χ0) is 29.1. The number of likely N-dealkylation sites (N-methyl/N-ethyl adjacent to an activating group) is 1. The minimum absolute atomic E-state index is 0.00421. The number of amides is 1. The van der Waals surface area contributed by atoms with Crippen molar-refractivity contribution in [3.05, 3.63) is 84.4 Å². The van der Waals surface area contributed by atoms with E-state index in [2.05, 4.69) is 4.72 Å². The van der Waals surface area contributed by atoms with Gasteiger partial charge in [0.15, 0.2) is 0 Å². The summed E-state index contributed by atoms with van der Waals surface area (Å²) in [6, 6.07) is 19.7. The van der Waals surface area contributed by atoms with Crippen molar-refractivity contribution in [3.63, 3.8) is 0 Å². The number of hydrogen-bond acceptors (Lipinski definition) is 7. The van der Waals surface area contributed by atoms with Gasteiger partial charge in [0.2, 0.25) is 10.0 Å². The summed E-state index contributed by atoms with van der Waals surface area (Å²) in [5, 5.41) is 9.87. The molecule has 0 aliphatic carbocycles. The monoisotopic (exact) mass is 587 g/mol. The van der Waals surface area contributed by atoms with Gasteiger partial charge in [0.05, 0.1) is 34.5 Å². The summed E-state index contributed by atoms with van der Waals surface area (Å²) in [5.41, 5.74) is 0.254. The Morgan fingerprint density at radius 2 is 1.60 bits per heavy atom. The first kappa shape index (κ1) is 29.5. The predicted octanol–water partition coefficient (Wildman–Crippen LogP) is 3.03. The molecular formula is C28H33N3O7S2. The Balaban J connectivity index is 1.68. The standard InChI is InChI=1S/C28H33N3O7S2/c1-20-17-31(21(2)19-32)28(33)25-16-22(29-39(34,35)23-10-6-4-7-11-23)14-15-26(25)38-27(20)18-30(3)40(36,37)24-12-8-5-9-13-24/h4-16,20-21,27,29,32H,17-19H2,1-3H3/t20-,21+,27+/m1/s1. The van der Waals surface area contributed by atoms with Crippen molar-refractivity contribution in [2.45, 2.75) is 35.8 Å². The number of benzene rings is 3. The number of ether oxygens (including phenoxy) is 1. The minimum atomic E-state index is -3.92. The van der Waals surface area contributed by atoms with Gasteiger partial charge in [-0.05, 0) is 49.4 Å². The lowest BCUT2D eigenvalue weighted by Gasteiger charge is -2.38. The zero-order valence-corrected chi connectivity index (χ0v) is 24.1. The van der Waals surface area contributed by atoms with Crippen LogP contribution in [0, 0.1) is 5.92 Å². The molecular weight excluding hydrogens is 554 g/mol. The smallest absolute Gasteiger partial charge is 0.261 e. The maximum Gasteiger partial charge on any atom is 0.261 e. The highest BCUT2D eigenvalue weighted by molar-refractivity contribution is 7.92. The van der Waals surface area contributed by atoms with E-state index in [-0.39, 0.29) is 52.4 Å². The Morgan fingerprint density at radius 1 is 1.00 bits per heavy atom. The predicted molar refractivity (Wildman–Crippen MR) is 151 cm³/mol. The fourth-order valence-electron chi connectivity index (χ4n) is 4.44. The fourth-order valence-corrected chi connectivity index (χ4v) is 6.72. The topological polar surface area (TPSA) is 133 Å². The van der Waals surface area contributed by atoms with Crippen molar-refractivity contribution in [1.82, 2.24) is 9.21 Å². The normalized spacial score (nSPS) is 18.8. The first-order valence-electron chi connectivity index (χ1n) is 12.8. The lowest BCUT2D eigenvalue weighted by molar-refractivity contribution is 0.0387. The zero-order valence-electron chi connectivity index (χ0n) is 22.5. The van der Waals surface area contributed by atoms with Gasteiger partial charge in [-0.1, -0.05) is 43.3 Å². The second-order valence-corrected chi connectivity index (χ2v) is 13.6. The van der Waals surface area contributed by atoms with Crippen LogP contribution in [0.5, 0.6) is 5.75 Å². The van der Waals surface area contributed by atoms with Crippen LogP contribution in [0.25, 0.3) is 0 Å². The quantitative estimate of drug-likeness (QED) is 0.393. The molecule has 0 unspecified atom stereocenters. The number of aliphatic hydroxyl groups is 1. The number of carbonyl (C=O) groups is 1. The van der Waals surface area contributed by atoms with Gasteiger partial charge in [0.25, 0.3) is 15.9 Å². The summed E-state index contributed by atoms with van der Waals surface area (Å²) in [6.45, 7) is 3.45. The average Bonchev–Trinajstić information content (AvgIpc) is 2.95. The first-order chi connectivity index (χ1) is 18.9. The molecule has 0 aromatic heterocycles. The minimum Gasteiger partial charge on any atom is -0.488 e. The van der Waals surface area contributed by atoms with Crippen LogP contribution in [-0.2, 0) is 20.0 Å². The number of nitrogens with one attached hydrogen (secondary N) is 1. The van der Waals surface area contributed by atoms with Gasteiger partial charge in [-0.25, -0.2) is 16.8 Å². The van der Waals surface area contributed by atoms with E-state index in [0.717, 1.165) is 0 Å². The van der Waals surface area contributed by atoms with Gasteiger partial charge in [-0.2, -0.15) is 4.31 Å². The van der Waals surface area contributed by atoms with Crippen LogP contribution < -0.4 is 9.46 Å². The van der Waals surface area contributed by atoms with Crippen molar-refractivity contribution in [2.24, 2.45) is 5.92 Å². The highest BCUT2D eigenvalue weighted by Gasteiger charge is 2.35. The van der Waals surface area contributed by atoms with E-state index in [0.29, 0.717) is 0 Å². The van der Waals surface area contributed by atoms with E-state index in [4.69, 9.17) is 4.74 Å². The molecule has 1 amide bonds. The van der Waals surface area contributed by atoms with Crippen LogP contribution >= 0.6 is 0 Å². The van der Waals surface area contributed by atoms with Gasteiger partial charge in [0.1, 0.15) is 11.9 Å². The lowest BCUT2D eigenvalue weighted by atomic mass is 9.99. The Morgan fingerprint density at radius 3 is 2.20 bits per heavy atom. The molecule has 1 aliphatic heterocycles. The Labute approximate surface area is 235 Å². The first-order valence-corrected chi connectivity index (χ1v) is 15.7. The number of carbonyl (C=O) groups excluding carboxylic acids is 1. The fraction of sp³-hybridized carbons (Fsp3) is 0.321. The average molecular weight is 588 g/mol. The number of fused-ring (bicyclic) bond motifs is 1. The van der Waals surface area contributed by atoms with Crippen molar-refractivity contribution in [2.75, 3.05) is 31.5 Å². The molecule has 3 atom stereocenters. The summed E-state index contributed by atoms with van der Waals surface area (Å²) in [4.78, 5) is 15.4. The molecule has 0 bridgehead atoms. The highest BCUT2D eigenvalue weighted by Crippen LogP contribution is 2.32. The molecule has 10 nitrogen and oxygen atoms in total. The van der Waals surface area contributed by atoms with Crippen molar-refractivity contribution >= 4 is 31.6 Å². The van der Waals surface area contributed by atoms with Crippen LogP contribution in [0.1, 0.15) is 24.2 Å². The third kappa shape index (κ3) is 6.30. The number of sulfonamides is 2. The van der Waals surface area contributed by atoms with Gasteiger partial charge in [0, 0.05) is 25.2 Å².